The van der Waals surface area contributed by atoms with Crippen LogP contribution in [0.3, 0.4) is 0 Å². The first kappa shape index (κ1) is 22.9. The number of benzene rings is 5. The molecule has 1 aliphatic rings. The SMILES string of the molecule is C1=C(c2ccccc2)NC(c2cccc(-c3nc4ccccc4n3-c3ccccc3)c2)N=C1c1ccccc1. The molecule has 0 fully saturated rings. The second-order valence-corrected chi connectivity index (χ2v) is 9.57. The van der Waals surface area contributed by atoms with Gasteiger partial charge < -0.3 is 5.32 Å². The number of hydrogen-bond donors (Lipinski definition) is 1. The minimum Gasteiger partial charge on any atom is -0.360 e. The number of aromatic nitrogens is 2. The summed E-state index contributed by atoms with van der Waals surface area (Å²) in [5.74, 6) is 0.908. The van der Waals surface area contributed by atoms with E-state index < -0.39 is 0 Å². The lowest BCUT2D eigenvalue weighted by Gasteiger charge is -2.25. The number of allylic oxidation sites excluding steroid dienone is 1. The van der Waals surface area contributed by atoms with Gasteiger partial charge in [-0.15, -0.1) is 0 Å². The first-order valence-corrected chi connectivity index (χ1v) is 13.1. The Hall–Kier alpha value is -5.22. The number of hydrogen-bond acceptors (Lipinski definition) is 3. The molecule has 0 bridgehead atoms. The Bertz CT molecular complexity index is 1820. The number of rotatable bonds is 5. The van der Waals surface area contributed by atoms with Gasteiger partial charge in [0.25, 0.3) is 0 Å². The van der Waals surface area contributed by atoms with Crippen molar-refractivity contribution in [2.24, 2.45) is 4.99 Å². The maximum Gasteiger partial charge on any atom is 0.145 e. The van der Waals surface area contributed by atoms with Gasteiger partial charge >= 0.3 is 0 Å². The molecule has 0 saturated carbocycles. The third-order valence-corrected chi connectivity index (χ3v) is 7.03. The molecule has 186 valence electrons. The lowest BCUT2D eigenvalue weighted by atomic mass is 10.0. The monoisotopic (exact) mass is 502 g/mol. The van der Waals surface area contributed by atoms with E-state index in [-0.39, 0.29) is 6.17 Å². The van der Waals surface area contributed by atoms with Crippen LogP contribution in [0.5, 0.6) is 0 Å². The molecule has 0 amide bonds. The minimum absolute atomic E-state index is 0.241. The molecule has 4 nitrogen and oxygen atoms in total. The third-order valence-electron chi connectivity index (χ3n) is 7.03. The molecular formula is C35H26N4. The summed E-state index contributed by atoms with van der Waals surface area (Å²) in [4.78, 5) is 10.2. The Morgan fingerprint density at radius 1 is 0.590 bits per heavy atom. The molecule has 1 unspecified atom stereocenters. The van der Waals surface area contributed by atoms with Gasteiger partial charge in [0.2, 0.25) is 0 Å². The van der Waals surface area contributed by atoms with Crippen LogP contribution >= 0.6 is 0 Å². The van der Waals surface area contributed by atoms with Gasteiger partial charge in [-0.05, 0) is 53.1 Å². The van der Waals surface area contributed by atoms with E-state index in [1.165, 1.54) is 0 Å². The van der Waals surface area contributed by atoms with Crippen molar-refractivity contribution in [2.75, 3.05) is 0 Å². The van der Waals surface area contributed by atoms with E-state index in [1.807, 2.05) is 24.3 Å². The van der Waals surface area contributed by atoms with Crippen LogP contribution in [-0.2, 0) is 0 Å². The number of aliphatic imine (C=N–C) groups is 1. The van der Waals surface area contributed by atoms with Gasteiger partial charge in [0.05, 0.1) is 16.7 Å². The Morgan fingerprint density at radius 3 is 2.00 bits per heavy atom. The lowest BCUT2D eigenvalue weighted by Crippen LogP contribution is -2.24. The van der Waals surface area contributed by atoms with Crippen molar-refractivity contribution < 1.29 is 0 Å². The third kappa shape index (κ3) is 4.42. The fraction of sp³-hybridized carbons (Fsp3) is 0.0286. The van der Waals surface area contributed by atoms with Crippen molar-refractivity contribution in [3.05, 3.63) is 162 Å². The molecule has 0 aliphatic carbocycles. The summed E-state index contributed by atoms with van der Waals surface area (Å²) in [5, 5.41) is 3.68. The summed E-state index contributed by atoms with van der Waals surface area (Å²) >= 11 is 0. The minimum atomic E-state index is -0.241. The first-order valence-electron chi connectivity index (χ1n) is 13.1. The van der Waals surface area contributed by atoms with Crippen LogP contribution in [0.2, 0.25) is 0 Å². The van der Waals surface area contributed by atoms with E-state index in [4.69, 9.17) is 9.98 Å². The number of imidazole rings is 1. The van der Waals surface area contributed by atoms with Gasteiger partial charge in [-0.3, -0.25) is 9.56 Å². The highest BCUT2D eigenvalue weighted by Crippen LogP contribution is 2.32. The Morgan fingerprint density at radius 2 is 1.23 bits per heavy atom. The molecule has 0 spiro atoms. The van der Waals surface area contributed by atoms with Crippen LogP contribution in [0, 0.1) is 0 Å². The normalized spacial score (nSPS) is 14.9. The molecule has 1 aliphatic heterocycles. The summed E-state index contributed by atoms with van der Waals surface area (Å²) in [7, 11) is 0. The maximum absolute atomic E-state index is 5.16. The molecule has 1 N–H and O–H groups in total. The molecular weight excluding hydrogens is 476 g/mol. The molecule has 0 saturated heterocycles. The largest absolute Gasteiger partial charge is 0.360 e. The average Bonchev–Trinajstić information content (AvgIpc) is 3.42. The van der Waals surface area contributed by atoms with E-state index in [9.17, 15) is 0 Å². The van der Waals surface area contributed by atoms with Crippen LogP contribution in [0.4, 0.5) is 0 Å². The number of nitrogens with zero attached hydrogens (tertiary/aromatic N) is 3. The summed E-state index contributed by atoms with van der Waals surface area (Å²) < 4.78 is 2.23. The quantitative estimate of drug-likeness (QED) is 0.261. The highest BCUT2D eigenvalue weighted by Gasteiger charge is 2.21. The molecule has 39 heavy (non-hydrogen) atoms. The molecule has 6 aromatic rings. The zero-order chi connectivity index (χ0) is 26.0. The fourth-order valence-corrected chi connectivity index (χ4v) is 5.15. The number of fused-ring (bicyclic) bond motifs is 1. The lowest BCUT2D eigenvalue weighted by molar-refractivity contribution is 0.664. The zero-order valence-corrected chi connectivity index (χ0v) is 21.3. The van der Waals surface area contributed by atoms with E-state index in [1.54, 1.807) is 0 Å². The van der Waals surface area contributed by atoms with Crippen molar-refractivity contribution >= 4 is 22.4 Å². The van der Waals surface area contributed by atoms with Crippen molar-refractivity contribution in [1.29, 1.82) is 0 Å². The molecule has 5 aromatic carbocycles. The van der Waals surface area contributed by atoms with Crippen molar-refractivity contribution in [3.63, 3.8) is 0 Å². The molecule has 4 heteroatoms. The van der Waals surface area contributed by atoms with Crippen LogP contribution in [-0.4, -0.2) is 15.3 Å². The predicted molar refractivity (Wildman–Crippen MR) is 160 cm³/mol. The standard InChI is InChI=1S/C35H26N4/c1-4-13-25(14-5-1)31-24-32(26-15-6-2-7-16-26)37-34(36-31)27-17-12-18-28(23-27)35-38-30-21-10-11-22-33(30)39(35)29-19-8-3-9-20-29/h1-24,34,36H. The van der Waals surface area contributed by atoms with E-state index in [2.05, 4.69) is 131 Å². The number of para-hydroxylation sites is 3. The Balaban J connectivity index is 1.34. The highest BCUT2D eigenvalue weighted by atomic mass is 15.1. The van der Waals surface area contributed by atoms with Crippen LogP contribution in [0.1, 0.15) is 22.9 Å². The van der Waals surface area contributed by atoms with Gasteiger partial charge in [0.1, 0.15) is 12.0 Å². The van der Waals surface area contributed by atoms with Crippen molar-refractivity contribution in [2.45, 2.75) is 6.17 Å². The molecule has 1 atom stereocenters. The predicted octanol–water partition coefficient (Wildman–Crippen LogP) is 7.82. The summed E-state index contributed by atoms with van der Waals surface area (Å²) in [6.45, 7) is 0. The average molecular weight is 503 g/mol. The van der Waals surface area contributed by atoms with E-state index in [0.29, 0.717) is 0 Å². The summed E-state index contributed by atoms with van der Waals surface area (Å²) in [6, 6.07) is 48.1. The fourth-order valence-electron chi connectivity index (χ4n) is 5.15. The molecule has 7 rings (SSSR count). The second kappa shape index (κ2) is 9.92. The maximum atomic E-state index is 5.16. The first-order chi connectivity index (χ1) is 19.3. The molecule has 2 heterocycles. The molecule has 1 aromatic heterocycles. The number of nitrogens with one attached hydrogen (secondary N) is 1. The van der Waals surface area contributed by atoms with Gasteiger partial charge in [-0.25, -0.2) is 4.98 Å². The van der Waals surface area contributed by atoms with E-state index >= 15 is 0 Å². The van der Waals surface area contributed by atoms with Crippen LogP contribution < -0.4 is 5.32 Å². The highest BCUT2D eigenvalue weighted by molar-refractivity contribution is 6.13. The smallest absolute Gasteiger partial charge is 0.145 e. The van der Waals surface area contributed by atoms with Crippen LogP contribution in [0.25, 0.3) is 33.8 Å². The topological polar surface area (TPSA) is 42.2 Å². The summed E-state index contributed by atoms with van der Waals surface area (Å²) in [5.41, 5.74) is 9.50. The van der Waals surface area contributed by atoms with Gasteiger partial charge in [-0.2, -0.15) is 0 Å². The Kier molecular flexibility index (Phi) is 5.83. The Labute approximate surface area is 227 Å². The van der Waals surface area contributed by atoms with E-state index in [0.717, 1.165) is 56.2 Å². The van der Waals surface area contributed by atoms with Crippen molar-refractivity contribution in [3.8, 4) is 17.1 Å². The van der Waals surface area contributed by atoms with Gasteiger partial charge in [0, 0.05) is 16.9 Å². The van der Waals surface area contributed by atoms with Gasteiger partial charge in [-0.1, -0.05) is 109 Å². The second-order valence-electron chi connectivity index (χ2n) is 9.57. The zero-order valence-electron chi connectivity index (χ0n) is 21.3. The van der Waals surface area contributed by atoms with Crippen LogP contribution in [0.15, 0.2) is 151 Å². The molecule has 0 radical (unpaired) electrons. The summed E-state index contributed by atoms with van der Waals surface area (Å²) in [6.07, 6.45) is 1.90. The van der Waals surface area contributed by atoms with Gasteiger partial charge in [0.15, 0.2) is 0 Å². The van der Waals surface area contributed by atoms with Crippen molar-refractivity contribution in [1.82, 2.24) is 14.9 Å².